The van der Waals surface area contributed by atoms with Crippen molar-refractivity contribution >= 4 is 34.4 Å². The van der Waals surface area contributed by atoms with Crippen LogP contribution in [0.5, 0.6) is 0 Å². The molecular weight excluding hydrogens is 524 g/mol. The predicted octanol–water partition coefficient (Wildman–Crippen LogP) is 2.32. The summed E-state index contributed by atoms with van der Waals surface area (Å²) in [5, 5.41) is 24.7. The van der Waals surface area contributed by atoms with Gasteiger partial charge in [0.1, 0.15) is 23.8 Å². The van der Waals surface area contributed by atoms with Gasteiger partial charge in [-0.15, -0.1) is 5.10 Å². The Bertz CT molecular complexity index is 1480. The number of aromatic nitrogens is 3. The molecule has 0 aliphatic carbocycles. The normalized spacial score (nSPS) is 29.9. The van der Waals surface area contributed by atoms with Crippen LogP contribution in [0, 0.1) is 17.8 Å². The zero-order valence-corrected chi connectivity index (χ0v) is 23.5. The number of benzene rings is 2. The first-order valence-corrected chi connectivity index (χ1v) is 14.3. The largest absolute Gasteiger partial charge is 0.394 e. The van der Waals surface area contributed by atoms with Gasteiger partial charge in [-0.05, 0) is 49.9 Å². The molecule has 11 heteroatoms. The van der Waals surface area contributed by atoms with Crippen LogP contribution in [0.4, 0.5) is 5.69 Å². The topological polar surface area (TPSA) is 139 Å². The van der Waals surface area contributed by atoms with Gasteiger partial charge in [0, 0.05) is 5.69 Å². The third-order valence-corrected chi connectivity index (χ3v) is 9.46. The molecule has 216 valence electrons. The SMILES string of the molecule is CC[C@H](C)[C@H](CO)N1C(=O)[C@@H]2[C@@H](C(=O)Nc3ccccc3)[C@@]3(C)CCC2(O3)C1C(=O)NCn1nnc2ccccc21. The molecule has 3 N–H and O–H groups in total. The number of carbonyl (C=O) groups is 3. The van der Waals surface area contributed by atoms with E-state index in [0.717, 1.165) is 5.52 Å². The van der Waals surface area contributed by atoms with Gasteiger partial charge >= 0.3 is 0 Å². The molecule has 0 saturated carbocycles. The Kier molecular flexibility index (Phi) is 6.82. The zero-order chi connectivity index (χ0) is 28.9. The van der Waals surface area contributed by atoms with Crippen LogP contribution < -0.4 is 10.6 Å². The summed E-state index contributed by atoms with van der Waals surface area (Å²) in [6.07, 6.45) is 1.68. The molecule has 0 radical (unpaired) electrons. The lowest BCUT2D eigenvalue weighted by atomic mass is 9.66. The minimum absolute atomic E-state index is 0.0426. The summed E-state index contributed by atoms with van der Waals surface area (Å²) >= 11 is 0. The molecule has 41 heavy (non-hydrogen) atoms. The van der Waals surface area contributed by atoms with Crippen molar-refractivity contribution in [1.29, 1.82) is 0 Å². The highest BCUT2D eigenvalue weighted by Crippen LogP contribution is 2.63. The number of carbonyl (C=O) groups excluding carboxylic acids is 3. The molecule has 6 rings (SSSR count). The van der Waals surface area contributed by atoms with Crippen LogP contribution in [0.25, 0.3) is 11.0 Å². The number of nitrogens with zero attached hydrogens (tertiary/aromatic N) is 4. The van der Waals surface area contributed by atoms with E-state index in [1.807, 2.05) is 63.2 Å². The van der Waals surface area contributed by atoms with E-state index in [0.29, 0.717) is 30.5 Å². The van der Waals surface area contributed by atoms with Crippen molar-refractivity contribution < 1.29 is 24.2 Å². The van der Waals surface area contributed by atoms with E-state index >= 15 is 0 Å². The molecular formula is C30H36N6O5. The number of likely N-dealkylation sites (tertiary alicyclic amines) is 1. The minimum Gasteiger partial charge on any atom is -0.394 e. The van der Waals surface area contributed by atoms with Crippen LogP contribution in [-0.2, 0) is 25.8 Å². The van der Waals surface area contributed by atoms with Crippen molar-refractivity contribution in [1.82, 2.24) is 25.2 Å². The highest BCUT2D eigenvalue weighted by molar-refractivity contribution is 6.02. The Morgan fingerprint density at radius 2 is 1.85 bits per heavy atom. The Hall–Kier alpha value is -3.83. The van der Waals surface area contributed by atoms with Gasteiger partial charge in [0.25, 0.3) is 0 Å². The van der Waals surface area contributed by atoms with Gasteiger partial charge in [0.15, 0.2) is 0 Å². The molecule has 3 aliphatic rings. The Morgan fingerprint density at radius 1 is 1.12 bits per heavy atom. The van der Waals surface area contributed by atoms with E-state index in [1.165, 1.54) is 4.90 Å². The van der Waals surface area contributed by atoms with Gasteiger partial charge in [-0.3, -0.25) is 14.4 Å². The van der Waals surface area contributed by atoms with Crippen LogP contribution in [0.1, 0.15) is 40.0 Å². The second-order valence-corrected chi connectivity index (χ2v) is 11.7. The van der Waals surface area contributed by atoms with Gasteiger partial charge < -0.3 is 25.4 Å². The highest BCUT2D eigenvalue weighted by Gasteiger charge is 2.78. The van der Waals surface area contributed by atoms with E-state index in [-0.39, 0.29) is 31.0 Å². The van der Waals surface area contributed by atoms with Crippen LogP contribution in [-0.4, -0.2) is 72.6 Å². The fourth-order valence-corrected chi connectivity index (χ4v) is 7.26. The number of fused-ring (bicyclic) bond motifs is 2. The zero-order valence-electron chi connectivity index (χ0n) is 23.5. The summed E-state index contributed by atoms with van der Waals surface area (Å²) in [7, 11) is 0. The standard InChI is InChI=1S/C30H36N6O5/c1-4-18(2)22(16-37)36-25(27(39)31-17-35-21-13-9-8-12-20(21)33-34-35)30-15-14-29(3,41-30)23(24(30)28(36)40)26(38)32-19-10-6-5-7-11-19/h5-13,18,22-25,37H,4,14-17H2,1-3H3,(H,31,39)(H,32,38)/t18-,22-,23-,24-,25?,29+,30?/m0/s1. The van der Waals surface area contributed by atoms with Gasteiger partial charge in [0.2, 0.25) is 17.7 Å². The number of hydrogen-bond acceptors (Lipinski definition) is 7. The molecule has 3 fully saturated rings. The fourth-order valence-electron chi connectivity index (χ4n) is 7.26. The monoisotopic (exact) mass is 560 g/mol. The van der Waals surface area contributed by atoms with Gasteiger partial charge in [-0.1, -0.05) is 55.8 Å². The fraction of sp³-hybridized carbons (Fsp3) is 0.500. The van der Waals surface area contributed by atoms with Crippen LogP contribution in [0.15, 0.2) is 54.6 Å². The molecule has 3 aliphatic heterocycles. The highest BCUT2D eigenvalue weighted by atomic mass is 16.5. The maximum absolute atomic E-state index is 14.4. The number of nitrogens with one attached hydrogen (secondary N) is 2. The van der Waals surface area contributed by atoms with Crippen LogP contribution in [0.2, 0.25) is 0 Å². The average molecular weight is 561 g/mol. The molecule has 7 atom stereocenters. The molecule has 1 aromatic heterocycles. The summed E-state index contributed by atoms with van der Waals surface area (Å²) in [5.41, 5.74) is -0.00786. The smallest absolute Gasteiger partial charge is 0.247 e. The summed E-state index contributed by atoms with van der Waals surface area (Å²) in [6, 6.07) is 14.9. The Balaban J connectivity index is 1.35. The number of hydrogen-bond donors (Lipinski definition) is 3. The molecule has 1 spiro atoms. The van der Waals surface area contributed by atoms with E-state index in [9.17, 15) is 19.5 Å². The Morgan fingerprint density at radius 3 is 2.59 bits per heavy atom. The average Bonchev–Trinajstić information content (AvgIpc) is 3.68. The van der Waals surface area contributed by atoms with Crippen LogP contribution in [0.3, 0.4) is 0 Å². The Labute approximate surface area is 238 Å². The number of aliphatic hydroxyl groups is 1. The molecule has 2 unspecified atom stereocenters. The lowest BCUT2D eigenvalue weighted by molar-refractivity contribution is -0.150. The summed E-state index contributed by atoms with van der Waals surface area (Å²) in [4.78, 5) is 43.8. The first-order valence-electron chi connectivity index (χ1n) is 14.3. The van der Waals surface area contributed by atoms with E-state index < -0.39 is 41.0 Å². The van der Waals surface area contributed by atoms with Crippen molar-refractivity contribution in [3.8, 4) is 0 Å². The van der Waals surface area contributed by atoms with Crippen molar-refractivity contribution in [2.75, 3.05) is 11.9 Å². The maximum Gasteiger partial charge on any atom is 0.247 e. The molecule has 3 amide bonds. The van der Waals surface area contributed by atoms with E-state index in [1.54, 1.807) is 16.8 Å². The molecule has 2 bridgehead atoms. The third-order valence-electron chi connectivity index (χ3n) is 9.46. The number of ether oxygens (including phenoxy) is 1. The lowest BCUT2D eigenvalue weighted by Crippen LogP contribution is -2.59. The van der Waals surface area contributed by atoms with E-state index in [4.69, 9.17) is 4.74 Å². The number of rotatable bonds is 9. The van der Waals surface area contributed by atoms with Gasteiger partial charge in [-0.25, -0.2) is 4.68 Å². The van der Waals surface area contributed by atoms with Crippen LogP contribution >= 0.6 is 0 Å². The third kappa shape index (κ3) is 4.21. The molecule has 3 aromatic rings. The number of aliphatic hydroxyl groups excluding tert-OH is 1. The number of amides is 3. The first kappa shape index (κ1) is 27.3. The summed E-state index contributed by atoms with van der Waals surface area (Å²) in [6.45, 7) is 5.54. The predicted molar refractivity (Wildman–Crippen MR) is 150 cm³/mol. The minimum atomic E-state index is -1.19. The maximum atomic E-state index is 14.4. The molecule has 4 heterocycles. The number of para-hydroxylation sites is 2. The lowest BCUT2D eigenvalue weighted by Gasteiger charge is -2.39. The second-order valence-electron chi connectivity index (χ2n) is 11.7. The molecule has 3 saturated heterocycles. The number of anilines is 1. The summed E-state index contributed by atoms with van der Waals surface area (Å²) in [5.74, 6) is -2.77. The van der Waals surface area contributed by atoms with Crippen molar-refractivity contribution in [3.05, 3.63) is 54.6 Å². The quantitative estimate of drug-likeness (QED) is 0.365. The molecule has 11 nitrogen and oxygen atoms in total. The van der Waals surface area contributed by atoms with Gasteiger partial charge in [0.05, 0.1) is 35.6 Å². The van der Waals surface area contributed by atoms with Crippen molar-refractivity contribution in [2.45, 2.75) is 70.0 Å². The first-order chi connectivity index (χ1) is 19.7. The molecule has 2 aromatic carbocycles. The van der Waals surface area contributed by atoms with Crippen molar-refractivity contribution in [3.63, 3.8) is 0 Å². The van der Waals surface area contributed by atoms with Crippen molar-refractivity contribution in [2.24, 2.45) is 17.8 Å². The summed E-state index contributed by atoms with van der Waals surface area (Å²) < 4.78 is 8.28. The van der Waals surface area contributed by atoms with Gasteiger partial charge in [-0.2, -0.15) is 0 Å². The van der Waals surface area contributed by atoms with E-state index in [2.05, 4.69) is 20.9 Å². The second kappa shape index (κ2) is 10.2.